The van der Waals surface area contributed by atoms with E-state index < -0.39 is 12.0 Å². The molecule has 0 bridgehead atoms. The van der Waals surface area contributed by atoms with Crippen LogP contribution in [0.1, 0.15) is 25.7 Å². The van der Waals surface area contributed by atoms with Crippen LogP contribution in [0.15, 0.2) is 22.0 Å². The van der Waals surface area contributed by atoms with Gasteiger partial charge in [-0.15, -0.1) is 11.3 Å². The van der Waals surface area contributed by atoms with Crippen molar-refractivity contribution in [2.45, 2.75) is 32.4 Å². The SMILES string of the molecule is CC1CCN(Cc2nc(-c3cccs3)no2)C(C(=O)O)C1. The second-order valence-corrected chi connectivity index (χ2v) is 6.39. The lowest BCUT2D eigenvalue weighted by atomic mass is 9.92. The first-order chi connectivity index (χ1) is 10.1. The van der Waals surface area contributed by atoms with Gasteiger partial charge in [0.05, 0.1) is 11.4 Å². The number of aliphatic carboxylic acids is 1. The van der Waals surface area contributed by atoms with E-state index in [2.05, 4.69) is 17.1 Å². The number of hydrogen-bond acceptors (Lipinski definition) is 6. The largest absolute Gasteiger partial charge is 0.480 e. The molecule has 3 rings (SSSR count). The highest BCUT2D eigenvalue weighted by Crippen LogP contribution is 2.25. The monoisotopic (exact) mass is 307 g/mol. The maximum Gasteiger partial charge on any atom is 0.320 e. The molecule has 3 heterocycles. The van der Waals surface area contributed by atoms with Crippen LogP contribution in [0.2, 0.25) is 0 Å². The van der Waals surface area contributed by atoms with Crippen LogP contribution in [0.25, 0.3) is 10.7 Å². The minimum absolute atomic E-state index is 0.391. The van der Waals surface area contributed by atoms with Gasteiger partial charge in [0.1, 0.15) is 6.04 Å². The summed E-state index contributed by atoms with van der Waals surface area (Å²) in [6, 6.07) is 3.40. The lowest BCUT2D eigenvalue weighted by Crippen LogP contribution is -2.46. The molecule has 0 aromatic carbocycles. The highest BCUT2D eigenvalue weighted by atomic mass is 32.1. The van der Waals surface area contributed by atoms with Crippen LogP contribution in [0.3, 0.4) is 0 Å². The van der Waals surface area contributed by atoms with E-state index >= 15 is 0 Å². The van der Waals surface area contributed by atoms with Crippen molar-refractivity contribution in [1.82, 2.24) is 15.0 Å². The molecule has 6 nitrogen and oxygen atoms in total. The standard InChI is InChI=1S/C14H17N3O3S/c1-9-4-5-17(10(7-9)14(18)19)8-12-15-13(16-20-12)11-3-2-6-21-11/h2-3,6,9-10H,4-5,7-8H2,1H3,(H,18,19). The summed E-state index contributed by atoms with van der Waals surface area (Å²) >= 11 is 1.55. The highest BCUT2D eigenvalue weighted by molar-refractivity contribution is 7.13. The summed E-state index contributed by atoms with van der Waals surface area (Å²) in [5, 5.41) is 15.3. The number of thiophene rings is 1. The Morgan fingerprint density at radius 3 is 3.19 bits per heavy atom. The van der Waals surface area contributed by atoms with Gasteiger partial charge >= 0.3 is 5.97 Å². The fourth-order valence-corrected chi connectivity index (χ4v) is 3.28. The van der Waals surface area contributed by atoms with Gasteiger partial charge in [-0.25, -0.2) is 0 Å². The smallest absolute Gasteiger partial charge is 0.320 e. The van der Waals surface area contributed by atoms with Gasteiger partial charge in [-0.3, -0.25) is 9.69 Å². The predicted molar refractivity (Wildman–Crippen MR) is 77.8 cm³/mol. The van der Waals surface area contributed by atoms with Crippen molar-refractivity contribution in [3.63, 3.8) is 0 Å². The average Bonchev–Trinajstić information content (AvgIpc) is 3.11. The molecule has 0 radical (unpaired) electrons. The van der Waals surface area contributed by atoms with E-state index in [0.29, 0.717) is 30.6 Å². The first-order valence-corrected chi connectivity index (χ1v) is 7.85. The third kappa shape index (κ3) is 3.14. The van der Waals surface area contributed by atoms with E-state index in [4.69, 9.17) is 4.52 Å². The normalized spacial score (nSPS) is 23.3. The number of carbonyl (C=O) groups is 1. The molecule has 1 N–H and O–H groups in total. The molecule has 0 spiro atoms. The molecule has 2 unspecified atom stereocenters. The number of nitrogens with zero attached hydrogens (tertiary/aromatic N) is 3. The number of piperidine rings is 1. The van der Waals surface area contributed by atoms with Gasteiger partial charge in [-0.05, 0) is 36.8 Å². The van der Waals surface area contributed by atoms with E-state index in [9.17, 15) is 9.90 Å². The van der Waals surface area contributed by atoms with Crippen molar-refractivity contribution in [2.24, 2.45) is 5.92 Å². The molecule has 1 aliphatic heterocycles. The second-order valence-electron chi connectivity index (χ2n) is 5.44. The summed E-state index contributed by atoms with van der Waals surface area (Å²) in [7, 11) is 0. The summed E-state index contributed by atoms with van der Waals surface area (Å²) < 4.78 is 5.26. The molecule has 112 valence electrons. The van der Waals surface area contributed by atoms with E-state index in [0.717, 1.165) is 17.8 Å². The fourth-order valence-electron chi connectivity index (χ4n) is 2.64. The Bertz CT molecular complexity index is 611. The molecular weight excluding hydrogens is 290 g/mol. The molecule has 0 aliphatic carbocycles. The molecule has 1 aliphatic rings. The first-order valence-electron chi connectivity index (χ1n) is 6.97. The third-order valence-corrected chi connectivity index (χ3v) is 4.67. The van der Waals surface area contributed by atoms with Gasteiger partial charge in [0.15, 0.2) is 0 Å². The molecule has 2 aromatic heterocycles. The van der Waals surface area contributed by atoms with Gasteiger partial charge in [-0.2, -0.15) is 4.98 Å². The molecule has 2 aromatic rings. The summed E-state index contributed by atoms with van der Waals surface area (Å²) in [5.41, 5.74) is 0. The van der Waals surface area contributed by atoms with Crippen molar-refractivity contribution in [3.8, 4) is 10.7 Å². The number of rotatable bonds is 4. The van der Waals surface area contributed by atoms with E-state index in [-0.39, 0.29) is 0 Å². The Labute approximate surface area is 126 Å². The van der Waals surface area contributed by atoms with Crippen LogP contribution in [0.4, 0.5) is 0 Å². The Morgan fingerprint density at radius 1 is 1.62 bits per heavy atom. The number of hydrogen-bond donors (Lipinski definition) is 1. The summed E-state index contributed by atoms with van der Waals surface area (Å²) in [4.78, 5) is 18.6. The van der Waals surface area contributed by atoms with E-state index in [1.54, 1.807) is 11.3 Å². The highest BCUT2D eigenvalue weighted by Gasteiger charge is 2.32. The molecule has 1 fully saturated rings. The maximum atomic E-state index is 11.4. The van der Waals surface area contributed by atoms with Crippen molar-refractivity contribution in [3.05, 3.63) is 23.4 Å². The molecule has 0 saturated carbocycles. The molecular formula is C14H17N3O3S. The van der Waals surface area contributed by atoms with Gasteiger partial charge in [-0.1, -0.05) is 18.1 Å². The first kappa shape index (κ1) is 14.2. The van der Waals surface area contributed by atoms with E-state index in [1.165, 1.54) is 0 Å². The van der Waals surface area contributed by atoms with Crippen LogP contribution in [0.5, 0.6) is 0 Å². The molecule has 7 heteroatoms. The lowest BCUT2D eigenvalue weighted by molar-refractivity contribution is -0.145. The average molecular weight is 307 g/mol. The minimum Gasteiger partial charge on any atom is -0.480 e. The summed E-state index contributed by atoms with van der Waals surface area (Å²) in [6.07, 6.45) is 1.66. The van der Waals surface area contributed by atoms with Crippen molar-refractivity contribution < 1.29 is 14.4 Å². The molecule has 1 saturated heterocycles. The number of carboxylic acids is 1. The molecule has 21 heavy (non-hydrogen) atoms. The quantitative estimate of drug-likeness (QED) is 0.935. The number of aromatic nitrogens is 2. The van der Waals surface area contributed by atoms with Crippen molar-refractivity contribution in [2.75, 3.05) is 6.54 Å². The maximum absolute atomic E-state index is 11.4. The fraction of sp³-hybridized carbons (Fsp3) is 0.500. The van der Waals surface area contributed by atoms with Crippen LogP contribution in [-0.2, 0) is 11.3 Å². The van der Waals surface area contributed by atoms with Gasteiger partial charge in [0.25, 0.3) is 0 Å². The summed E-state index contributed by atoms with van der Waals surface area (Å²) in [6.45, 7) is 3.23. The third-order valence-electron chi connectivity index (χ3n) is 3.81. The van der Waals surface area contributed by atoms with Gasteiger partial charge in [0, 0.05) is 0 Å². The zero-order valence-corrected chi connectivity index (χ0v) is 12.5. The number of likely N-dealkylation sites (tertiary alicyclic amines) is 1. The van der Waals surface area contributed by atoms with E-state index in [1.807, 2.05) is 22.4 Å². The Morgan fingerprint density at radius 2 is 2.48 bits per heavy atom. The predicted octanol–water partition coefficient (Wildman–Crippen LogP) is 2.48. The Kier molecular flexibility index (Phi) is 4.03. The molecule has 2 atom stereocenters. The van der Waals surface area contributed by atoms with Gasteiger partial charge < -0.3 is 9.63 Å². The van der Waals surface area contributed by atoms with Crippen molar-refractivity contribution >= 4 is 17.3 Å². The van der Waals surface area contributed by atoms with Crippen LogP contribution < -0.4 is 0 Å². The zero-order valence-electron chi connectivity index (χ0n) is 11.7. The number of carboxylic acid groups (broad SMARTS) is 1. The Balaban J connectivity index is 1.72. The Hall–Kier alpha value is -1.73. The lowest BCUT2D eigenvalue weighted by Gasteiger charge is -2.34. The van der Waals surface area contributed by atoms with Gasteiger partial charge in [0.2, 0.25) is 11.7 Å². The minimum atomic E-state index is -0.778. The van der Waals surface area contributed by atoms with Crippen LogP contribution >= 0.6 is 11.3 Å². The molecule has 0 amide bonds. The van der Waals surface area contributed by atoms with Crippen LogP contribution in [-0.4, -0.2) is 38.7 Å². The van der Waals surface area contributed by atoms with Crippen molar-refractivity contribution in [1.29, 1.82) is 0 Å². The van der Waals surface area contributed by atoms with Crippen LogP contribution in [0, 0.1) is 5.92 Å². The summed E-state index contributed by atoms with van der Waals surface area (Å²) in [5.74, 6) is 0.697. The topological polar surface area (TPSA) is 79.5 Å². The zero-order chi connectivity index (χ0) is 14.8. The second kappa shape index (κ2) is 5.95.